The number of piperidine rings is 1. The van der Waals surface area contributed by atoms with Gasteiger partial charge in [0.05, 0.1) is 18.7 Å². The van der Waals surface area contributed by atoms with Gasteiger partial charge >= 0.3 is 6.03 Å². The second-order valence-electron chi connectivity index (χ2n) is 6.16. The number of oxazole rings is 1. The van der Waals surface area contributed by atoms with Crippen LogP contribution in [0.3, 0.4) is 0 Å². The van der Waals surface area contributed by atoms with Gasteiger partial charge in [-0.1, -0.05) is 18.2 Å². The van der Waals surface area contributed by atoms with Gasteiger partial charge in [0.2, 0.25) is 11.8 Å². The number of carbonyl (C=O) groups excluding carboxylic acids is 2. The Hall–Kier alpha value is -2.83. The first-order chi connectivity index (χ1) is 12.1. The third-order valence-corrected chi connectivity index (χ3v) is 4.19. The predicted octanol–water partition coefficient (Wildman–Crippen LogP) is 2.54. The van der Waals surface area contributed by atoms with Crippen molar-refractivity contribution in [2.45, 2.75) is 26.3 Å². The minimum absolute atomic E-state index is 0.0759. The van der Waals surface area contributed by atoms with E-state index in [4.69, 9.17) is 4.42 Å². The molecule has 2 aromatic rings. The summed E-state index contributed by atoms with van der Waals surface area (Å²) in [5.74, 6) is 0.908. The van der Waals surface area contributed by atoms with Crippen LogP contribution in [0, 0.1) is 12.8 Å². The maximum absolute atomic E-state index is 12.4. The van der Waals surface area contributed by atoms with Crippen LogP contribution in [0.4, 0.5) is 10.5 Å². The smallest absolute Gasteiger partial charge is 0.321 e. The number of nitrogens with one attached hydrogen (secondary N) is 2. The molecule has 1 aromatic carbocycles. The average Bonchev–Trinajstić information content (AvgIpc) is 3.06. The zero-order valence-electron chi connectivity index (χ0n) is 14.2. The molecule has 0 bridgehead atoms. The van der Waals surface area contributed by atoms with E-state index in [-0.39, 0.29) is 24.4 Å². The molecule has 2 heterocycles. The van der Waals surface area contributed by atoms with Crippen molar-refractivity contribution in [1.82, 2.24) is 15.2 Å². The van der Waals surface area contributed by atoms with Crippen LogP contribution in [0.2, 0.25) is 0 Å². The van der Waals surface area contributed by atoms with E-state index in [9.17, 15) is 9.59 Å². The summed E-state index contributed by atoms with van der Waals surface area (Å²) in [7, 11) is 0. The number of rotatable bonds is 4. The van der Waals surface area contributed by atoms with Crippen LogP contribution < -0.4 is 10.6 Å². The number of amides is 3. The number of anilines is 1. The number of hydrogen-bond donors (Lipinski definition) is 2. The minimum Gasteiger partial charge on any atom is -0.444 e. The molecule has 1 aliphatic heterocycles. The largest absolute Gasteiger partial charge is 0.444 e. The highest BCUT2D eigenvalue weighted by Crippen LogP contribution is 2.18. The Morgan fingerprint density at radius 2 is 2.12 bits per heavy atom. The summed E-state index contributed by atoms with van der Waals surface area (Å²) < 4.78 is 5.35. The number of benzene rings is 1. The summed E-state index contributed by atoms with van der Waals surface area (Å²) in [5.41, 5.74) is 0.748. The Morgan fingerprint density at radius 3 is 2.84 bits per heavy atom. The highest BCUT2D eigenvalue weighted by atomic mass is 16.4. The van der Waals surface area contributed by atoms with Crippen molar-refractivity contribution in [2.75, 3.05) is 18.4 Å². The first kappa shape index (κ1) is 17.0. The fourth-order valence-electron chi connectivity index (χ4n) is 2.89. The van der Waals surface area contributed by atoms with Crippen LogP contribution in [0.5, 0.6) is 0 Å². The molecule has 7 heteroatoms. The van der Waals surface area contributed by atoms with E-state index < -0.39 is 0 Å². The first-order valence-corrected chi connectivity index (χ1v) is 8.42. The number of aryl methyl sites for hydroxylation is 1. The second kappa shape index (κ2) is 7.83. The number of aromatic nitrogens is 1. The third kappa shape index (κ3) is 4.59. The fraction of sp³-hybridized carbons (Fsp3) is 0.389. The van der Waals surface area contributed by atoms with E-state index in [1.165, 1.54) is 0 Å². The molecule has 1 fully saturated rings. The van der Waals surface area contributed by atoms with Crippen molar-refractivity contribution in [3.05, 3.63) is 48.2 Å². The maximum atomic E-state index is 12.4. The Balaban J connectivity index is 1.51. The van der Waals surface area contributed by atoms with Gasteiger partial charge in [0, 0.05) is 18.8 Å². The van der Waals surface area contributed by atoms with Crippen LogP contribution in [-0.4, -0.2) is 34.9 Å². The fourth-order valence-corrected chi connectivity index (χ4v) is 2.89. The van der Waals surface area contributed by atoms with Gasteiger partial charge in [-0.05, 0) is 31.9 Å². The van der Waals surface area contributed by atoms with Crippen molar-refractivity contribution in [3.63, 3.8) is 0 Å². The van der Waals surface area contributed by atoms with Crippen molar-refractivity contribution in [1.29, 1.82) is 0 Å². The molecule has 1 aromatic heterocycles. The lowest BCUT2D eigenvalue weighted by atomic mass is 9.97. The second-order valence-corrected chi connectivity index (χ2v) is 6.16. The summed E-state index contributed by atoms with van der Waals surface area (Å²) >= 11 is 0. The summed E-state index contributed by atoms with van der Waals surface area (Å²) in [6.07, 6.45) is 3.20. The molecule has 1 atom stereocenters. The van der Waals surface area contributed by atoms with Gasteiger partial charge in [0.15, 0.2) is 0 Å². The zero-order valence-corrected chi connectivity index (χ0v) is 14.2. The zero-order chi connectivity index (χ0) is 17.6. The van der Waals surface area contributed by atoms with Crippen LogP contribution in [0.15, 0.2) is 40.9 Å². The van der Waals surface area contributed by atoms with Crippen LogP contribution >= 0.6 is 0 Å². The molecule has 132 valence electrons. The normalized spacial score (nSPS) is 17.2. The quantitative estimate of drug-likeness (QED) is 0.894. The Labute approximate surface area is 146 Å². The van der Waals surface area contributed by atoms with E-state index >= 15 is 0 Å². The molecule has 2 N–H and O–H groups in total. The third-order valence-electron chi connectivity index (χ3n) is 4.19. The molecule has 3 amide bonds. The number of hydrogen-bond acceptors (Lipinski definition) is 4. The first-order valence-electron chi connectivity index (χ1n) is 8.42. The Morgan fingerprint density at radius 1 is 1.32 bits per heavy atom. The van der Waals surface area contributed by atoms with Crippen molar-refractivity contribution in [3.8, 4) is 0 Å². The van der Waals surface area contributed by atoms with E-state index in [0.717, 1.165) is 18.5 Å². The minimum atomic E-state index is -0.216. The SMILES string of the molecule is Cc1cnc(CNC(=O)C2CCCN(C(=O)Nc3ccccc3)C2)o1. The molecule has 3 rings (SSSR count). The van der Waals surface area contributed by atoms with Crippen molar-refractivity contribution >= 4 is 17.6 Å². The van der Waals surface area contributed by atoms with E-state index in [1.807, 2.05) is 37.3 Å². The molecule has 0 saturated carbocycles. The lowest BCUT2D eigenvalue weighted by molar-refractivity contribution is -0.126. The standard InChI is InChI=1S/C18H22N4O3/c1-13-10-19-16(25-13)11-20-17(23)14-6-5-9-22(12-14)18(24)21-15-7-3-2-4-8-15/h2-4,7-8,10,14H,5-6,9,11-12H2,1H3,(H,20,23)(H,21,24). The highest BCUT2D eigenvalue weighted by Gasteiger charge is 2.28. The number of para-hydroxylation sites is 1. The lowest BCUT2D eigenvalue weighted by Gasteiger charge is -2.32. The topological polar surface area (TPSA) is 87.5 Å². The number of carbonyl (C=O) groups is 2. The van der Waals surface area contributed by atoms with Crippen LogP contribution in [0.1, 0.15) is 24.5 Å². The highest BCUT2D eigenvalue weighted by molar-refractivity contribution is 5.90. The molecule has 1 aliphatic rings. The molecule has 25 heavy (non-hydrogen) atoms. The molecular formula is C18H22N4O3. The molecule has 0 radical (unpaired) electrons. The van der Waals surface area contributed by atoms with Crippen LogP contribution in [0.25, 0.3) is 0 Å². The number of urea groups is 1. The summed E-state index contributed by atoms with van der Waals surface area (Å²) in [6, 6.07) is 9.13. The lowest BCUT2D eigenvalue weighted by Crippen LogP contribution is -2.46. The Kier molecular flexibility index (Phi) is 5.33. The molecule has 1 saturated heterocycles. The molecule has 0 aliphatic carbocycles. The van der Waals surface area contributed by atoms with E-state index in [0.29, 0.717) is 24.7 Å². The molecule has 0 spiro atoms. The number of likely N-dealkylation sites (tertiary alicyclic amines) is 1. The average molecular weight is 342 g/mol. The molecule has 7 nitrogen and oxygen atoms in total. The monoisotopic (exact) mass is 342 g/mol. The van der Waals surface area contributed by atoms with Gasteiger partial charge in [0.25, 0.3) is 0 Å². The summed E-state index contributed by atoms with van der Waals surface area (Å²) in [4.78, 5) is 30.5. The van der Waals surface area contributed by atoms with Gasteiger partial charge in [-0.3, -0.25) is 4.79 Å². The summed E-state index contributed by atoms with van der Waals surface area (Å²) in [6.45, 7) is 3.14. The number of nitrogens with zero attached hydrogens (tertiary/aromatic N) is 2. The van der Waals surface area contributed by atoms with Gasteiger partial charge in [-0.25, -0.2) is 9.78 Å². The van der Waals surface area contributed by atoms with Crippen molar-refractivity contribution < 1.29 is 14.0 Å². The van der Waals surface area contributed by atoms with Gasteiger partial charge in [-0.2, -0.15) is 0 Å². The predicted molar refractivity (Wildman–Crippen MR) is 92.8 cm³/mol. The van der Waals surface area contributed by atoms with E-state index in [1.54, 1.807) is 11.1 Å². The Bertz CT molecular complexity index is 729. The molecular weight excluding hydrogens is 320 g/mol. The van der Waals surface area contributed by atoms with Crippen molar-refractivity contribution in [2.24, 2.45) is 5.92 Å². The van der Waals surface area contributed by atoms with Crippen LogP contribution in [-0.2, 0) is 11.3 Å². The summed E-state index contributed by atoms with van der Waals surface area (Å²) in [5, 5.41) is 5.70. The van der Waals surface area contributed by atoms with Gasteiger partial charge in [0.1, 0.15) is 5.76 Å². The van der Waals surface area contributed by atoms with Gasteiger partial charge < -0.3 is 20.0 Å². The van der Waals surface area contributed by atoms with E-state index in [2.05, 4.69) is 15.6 Å². The van der Waals surface area contributed by atoms with Gasteiger partial charge in [-0.15, -0.1) is 0 Å². The maximum Gasteiger partial charge on any atom is 0.321 e. The molecule has 1 unspecified atom stereocenters.